The van der Waals surface area contributed by atoms with Crippen molar-refractivity contribution in [1.29, 1.82) is 0 Å². The standard InChI is InChI=1S/C42H41FN4O7/c1-27(2)40-38(42(51)44-32-16-10-5-11-17-32)37(28-12-6-3-7-13-28)41(30-18-20-31(43)21-19-30)46(40)23-22-33(48)24-34(49)25-36(50)53-26-35-39(45-54-47(35)52)29-14-8-4-9-15-29/h3-21,27,33-34,48-49H,22-26H2,1-2H3,(H,44,51)/t33-,34-/m1/s1. The molecule has 1 amide bonds. The number of esters is 1. The van der Waals surface area contributed by atoms with Gasteiger partial charge in [-0.1, -0.05) is 92.7 Å². The van der Waals surface area contributed by atoms with E-state index < -0.39 is 37.0 Å². The number of aliphatic hydroxyl groups is 2. The monoisotopic (exact) mass is 732 g/mol. The van der Waals surface area contributed by atoms with Gasteiger partial charge in [-0.2, -0.15) is 0 Å². The Morgan fingerprint density at radius 1 is 0.870 bits per heavy atom. The van der Waals surface area contributed by atoms with E-state index in [1.54, 1.807) is 54.6 Å². The highest BCUT2D eigenvalue weighted by molar-refractivity contribution is 6.12. The fourth-order valence-corrected chi connectivity index (χ4v) is 6.60. The molecule has 2 heterocycles. The Balaban J connectivity index is 1.23. The average molecular weight is 733 g/mol. The largest absolute Gasteiger partial charge is 0.456 e. The van der Waals surface area contributed by atoms with Gasteiger partial charge in [-0.25, -0.2) is 4.39 Å². The van der Waals surface area contributed by atoms with Crippen LogP contribution in [0.25, 0.3) is 33.6 Å². The van der Waals surface area contributed by atoms with Crippen LogP contribution in [0.4, 0.5) is 10.1 Å². The molecule has 2 atom stereocenters. The van der Waals surface area contributed by atoms with Crippen LogP contribution in [-0.4, -0.2) is 44.0 Å². The summed E-state index contributed by atoms with van der Waals surface area (Å²) in [7, 11) is 0. The van der Waals surface area contributed by atoms with Crippen molar-refractivity contribution in [3.63, 3.8) is 0 Å². The Bertz CT molecular complexity index is 2170. The van der Waals surface area contributed by atoms with Crippen LogP contribution in [0.2, 0.25) is 0 Å². The summed E-state index contributed by atoms with van der Waals surface area (Å²) < 4.78 is 26.2. The topological polar surface area (TPSA) is 154 Å². The number of carbonyl (C=O) groups excluding carboxylic acids is 2. The molecule has 6 aromatic rings. The molecular weight excluding hydrogens is 691 g/mol. The second-order valence-corrected chi connectivity index (χ2v) is 13.3. The summed E-state index contributed by atoms with van der Waals surface area (Å²) in [5.41, 5.74) is 5.45. The molecular formula is C42H41FN4O7. The minimum atomic E-state index is -1.25. The smallest absolute Gasteiger partial charge is 0.308 e. The number of halogens is 1. The summed E-state index contributed by atoms with van der Waals surface area (Å²) in [6, 6.07) is 33.5. The number of benzene rings is 4. The Morgan fingerprint density at radius 3 is 2.11 bits per heavy atom. The van der Waals surface area contributed by atoms with Gasteiger partial charge in [0.05, 0.1) is 29.9 Å². The maximum Gasteiger partial charge on any atom is 0.308 e. The molecule has 0 bridgehead atoms. The normalized spacial score (nSPS) is 12.4. The van der Waals surface area contributed by atoms with E-state index >= 15 is 0 Å². The average Bonchev–Trinajstić information content (AvgIpc) is 3.72. The van der Waals surface area contributed by atoms with Gasteiger partial charge in [0, 0.05) is 34.2 Å². The van der Waals surface area contributed by atoms with Crippen LogP contribution in [-0.2, 0) is 22.7 Å². The first kappa shape index (κ1) is 37.6. The molecule has 0 unspecified atom stereocenters. The zero-order valence-corrected chi connectivity index (χ0v) is 29.9. The van der Waals surface area contributed by atoms with Gasteiger partial charge in [-0.05, 0) is 71.2 Å². The van der Waals surface area contributed by atoms with Gasteiger partial charge in [-0.3, -0.25) is 14.2 Å². The number of carbonyl (C=O) groups is 2. The molecule has 0 saturated carbocycles. The minimum Gasteiger partial charge on any atom is -0.456 e. The third-order valence-electron chi connectivity index (χ3n) is 9.04. The molecule has 0 aliphatic heterocycles. The summed E-state index contributed by atoms with van der Waals surface area (Å²) in [6.07, 6.45) is -2.72. The molecule has 0 aliphatic rings. The van der Waals surface area contributed by atoms with Crippen LogP contribution in [0, 0.1) is 11.0 Å². The Kier molecular flexibility index (Phi) is 12.0. The van der Waals surface area contributed by atoms with E-state index in [0.717, 1.165) is 11.3 Å². The molecule has 278 valence electrons. The fraction of sp³-hybridized carbons (Fsp3) is 0.238. The lowest BCUT2D eigenvalue weighted by Gasteiger charge is -2.20. The Labute approximate surface area is 311 Å². The summed E-state index contributed by atoms with van der Waals surface area (Å²) in [4.78, 5) is 27.1. The van der Waals surface area contributed by atoms with Gasteiger partial charge in [0.2, 0.25) is 5.69 Å². The summed E-state index contributed by atoms with van der Waals surface area (Å²) in [6.45, 7) is 3.77. The van der Waals surface area contributed by atoms with Crippen molar-refractivity contribution in [3.8, 4) is 33.6 Å². The minimum absolute atomic E-state index is 0.000374. The van der Waals surface area contributed by atoms with Gasteiger partial charge in [0.25, 0.3) is 11.6 Å². The van der Waals surface area contributed by atoms with Crippen LogP contribution in [0.15, 0.2) is 120 Å². The molecule has 54 heavy (non-hydrogen) atoms. The maximum absolute atomic E-state index is 14.3. The molecule has 0 spiro atoms. The number of rotatable bonds is 15. The highest BCUT2D eigenvalue weighted by atomic mass is 19.1. The van der Waals surface area contributed by atoms with Crippen molar-refractivity contribution in [3.05, 3.63) is 143 Å². The van der Waals surface area contributed by atoms with Crippen LogP contribution in [0.5, 0.6) is 0 Å². The second kappa shape index (κ2) is 17.1. The molecule has 3 N–H and O–H groups in total. The lowest BCUT2D eigenvalue weighted by molar-refractivity contribution is -0.808. The fourth-order valence-electron chi connectivity index (χ4n) is 6.60. The first-order valence-corrected chi connectivity index (χ1v) is 17.7. The van der Waals surface area contributed by atoms with Crippen molar-refractivity contribution < 1.29 is 38.5 Å². The third-order valence-corrected chi connectivity index (χ3v) is 9.04. The van der Waals surface area contributed by atoms with Gasteiger partial charge in [0.1, 0.15) is 5.82 Å². The van der Waals surface area contributed by atoms with E-state index in [2.05, 4.69) is 10.5 Å². The first-order valence-electron chi connectivity index (χ1n) is 17.7. The van der Waals surface area contributed by atoms with Crippen LogP contribution in [0.1, 0.15) is 60.8 Å². The molecule has 4 aromatic carbocycles. The van der Waals surface area contributed by atoms with E-state index in [1.165, 1.54) is 12.1 Å². The zero-order chi connectivity index (χ0) is 38.2. The molecule has 2 aromatic heterocycles. The number of para-hydroxylation sites is 1. The van der Waals surface area contributed by atoms with Crippen molar-refractivity contribution in [2.75, 3.05) is 5.32 Å². The number of ether oxygens (including phenoxy) is 1. The van der Waals surface area contributed by atoms with Crippen molar-refractivity contribution >= 4 is 17.6 Å². The Hall–Kier alpha value is -6.11. The van der Waals surface area contributed by atoms with E-state index in [0.29, 0.717) is 33.6 Å². The van der Waals surface area contributed by atoms with Gasteiger partial charge in [-0.15, -0.1) is 0 Å². The molecule has 6 rings (SSSR count). The SMILES string of the molecule is CC(C)c1c(C(=O)Nc2ccccc2)c(-c2ccccc2)c(-c2ccc(F)cc2)n1CC[C@@H](O)C[C@@H](O)CC(=O)OCc1c(-c2ccccc2)no[n+]1[O-]. The summed E-state index contributed by atoms with van der Waals surface area (Å²) in [5.74, 6) is -1.65. The summed E-state index contributed by atoms with van der Waals surface area (Å²) in [5, 5.41) is 41.0. The zero-order valence-electron chi connectivity index (χ0n) is 29.9. The number of anilines is 1. The molecule has 11 nitrogen and oxygen atoms in total. The number of hydrogen-bond acceptors (Lipinski definition) is 8. The number of aliphatic hydroxyl groups excluding tert-OH is 2. The predicted octanol–water partition coefficient (Wildman–Crippen LogP) is 7.26. The first-order chi connectivity index (χ1) is 26.1. The summed E-state index contributed by atoms with van der Waals surface area (Å²) >= 11 is 0. The molecule has 0 radical (unpaired) electrons. The quantitative estimate of drug-likeness (QED) is 0.0737. The molecule has 0 fully saturated rings. The Morgan fingerprint density at radius 2 is 1.48 bits per heavy atom. The second-order valence-electron chi connectivity index (χ2n) is 13.3. The number of amides is 1. The van der Waals surface area contributed by atoms with Gasteiger partial charge < -0.3 is 30.0 Å². The molecule has 12 heteroatoms. The van der Waals surface area contributed by atoms with Crippen molar-refractivity contribution in [2.24, 2.45) is 0 Å². The van der Waals surface area contributed by atoms with E-state index in [4.69, 9.17) is 9.37 Å². The maximum atomic E-state index is 14.3. The van der Waals surface area contributed by atoms with Gasteiger partial charge in [0.15, 0.2) is 6.61 Å². The molecule has 0 aliphatic carbocycles. The number of hydrogen-bond donors (Lipinski definition) is 3. The highest BCUT2D eigenvalue weighted by Crippen LogP contribution is 2.42. The number of aromatic nitrogens is 3. The van der Waals surface area contributed by atoms with Crippen molar-refractivity contribution in [1.82, 2.24) is 9.72 Å². The lowest BCUT2D eigenvalue weighted by Crippen LogP contribution is -2.30. The van der Waals surface area contributed by atoms with Crippen LogP contribution < -0.4 is 10.2 Å². The lowest BCUT2D eigenvalue weighted by atomic mass is 9.94. The number of nitrogens with zero attached hydrogens (tertiary/aromatic N) is 3. The third kappa shape index (κ3) is 8.74. The van der Waals surface area contributed by atoms with E-state index in [9.17, 15) is 29.4 Å². The highest BCUT2D eigenvalue weighted by Gasteiger charge is 2.31. The number of nitrogens with one attached hydrogen (secondary N) is 1. The van der Waals surface area contributed by atoms with Gasteiger partial charge >= 0.3 is 5.97 Å². The molecule has 0 saturated heterocycles. The predicted molar refractivity (Wildman–Crippen MR) is 200 cm³/mol. The van der Waals surface area contributed by atoms with Crippen LogP contribution >= 0.6 is 0 Å². The van der Waals surface area contributed by atoms with Crippen LogP contribution in [0.3, 0.4) is 0 Å². The van der Waals surface area contributed by atoms with Crippen molar-refractivity contribution in [2.45, 2.75) is 64.4 Å². The van der Waals surface area contributed by atoms with E-state index in [-0.39, 0.29) is 47.5 Å². The van der Waals surface area contributed by atoms with E-state index in [1.807, 2.05) is 66.9 Å².